The lowest BCUT2D eigenvalue weighted by atomic mass is 9.57. The second-order valence-corrected chi connectivity index (χ2v) is 14.0. The van der Waals surface area contributed by atoms with Crippen molar-refractivity contribution in [1.29, 1.82) is 0 Å². The number of anilines is 2. The number of hydrogen-bond donors (Lipinski definition) is 0. The summed E-state index contributed by atoms with van der Waals surface area (Å²) in [6.07, 6.45) is 3.74. The Morgan fingerprint density at radius 3 is 1.87 bits per heavy atom. The second kappa shape index (κ2) is 10.1. The van der Waals surface area contributed by atoms with Gasteiger partial charge >= 0.3 is 0 Å². The number of nitrogens with zero attached hydrogens (tertiary/aromatic N) is 1. The lowest BCUT2D eigenvalue weighted by Gasteiger charge is -2.54. The second-order valence-electron chi connectivity index (χ2n) is 14.0. The minimum absolute atomic E-state index is 0.00405. The van der Waals surface area contributed by atoms with Crippen molar-refractivity contribution >= 4 is 43.7 Å². The fourth-order valence-electron chi connectivity index (χ4n) is 9.45. The fourth-order valence-corrected chi connectivity index (χ4v) is 9.45. The molecule has 1 saturated carbocycles. The molecule has 2 aliphatic rings. The monoisotopic (exact) mass is 593 g/mol. The molecule has 0 bridgehead atoms. The van der Waals surface area contributed by atoms with Crippen LogP contribution in [0.1, 0.15) is 45.6 Å². The van der Waals surface area contributed by atoms with Crippen LogP contribution in [0.5, 0.6) is 0 Å². The van der Waals surface area contributed by atoms with Crippen LogP contribution < -0.4 is 4.90 Å². The van der Waals surface area contributed by atoms with Crippen LogP contribution in [0.15, 0.2) is 140 Å². The molecule has 1 heterocycles. The van der Waals surface area contributed by atoms with E-state index in [-0.39, 0.29) is 11.0 Å². The van der Waals surface area contributed by atoms with Crippen molar-refractivity contribution in [2.75, 3.05) is 4.90 Å². The van der Waals surface area contributed by atoms with E-state index in [1.165, 1.54) is 90.8 Å². The zero-order valence-corrected chi connectivity index (χ0v) is 26.9. The molecule has 0 spiro atoms. The first-order chi connectivity index (χ1) is 22.5. The summed E-state index contributed by atoms with van der Waals surface area (Å²) in [5.74, 6) is 0.573. The van der Waals surface area contributed by atoms with Gasteiger partial charge in [-0.25, -0.2) is 0 Å². The zero-order chi connectivity index (χ0) is 31.0. The van der Waals surface area contributed by atoms with Gasteiger partial charge in [0.15, 0.2) is 0 Å². The van der Waals surface area contributed by atoms with Crippen LogP contribution in [0.4, 0.5) is 11.4 Å². The Morgan fingerprint density at radius 1 is 0.587 bits per heavy atom. The van der Waals surface area contributed by atoms with Crippen molar-refractivity contribution in [3.8, 4) is 22.3 Å². The van der Waals surface area contributed by atoms with E-state index in [0.717, 1.165) is 0 Å². The lowest BCUT2D eigenvalue weighted by molar-refractivity contribution is 0.130. The first-order valence-corrected chi connectivity index (χ1v) is 16.9. The number of rotatable bonds is 3. The number of para-hydroxylation sites is 1. The molecule has 7 aromatic carbocycles. The first kappa shape index (κ1) is 27.4. The molecule has 1 aliphatic carbocycles. The Hall–Kier alpha value is -4.88. The van der Waals surface area contributed by atoms with E-state index in [0.29, 0.717) is 5.92 Å². The van der Waals surface area contributed by atoms with E-state index in [9.17, 15) is 0 Å². The van der Waals surface area contributed by atoms with Crippen LogP contribution in [0.2, 0.25) is 0 Å². The molecule has 0 radical (unpaired) electrons. The van der Waals surface area contributed by atoms with Gasteiger partial charge in [0.1, 0.15) is 0 Å². The Labute approximate surface area is 272 Å². The van der Waals surface area contributed by atoms with E-state index in [2.05, 4.69) is 165 Å². The van der Waals surface area contributed by atoms with Gasteiger partial charge in [-0.3, -0.25) is 0 Å². The molecule has 9 rings (SSSR count). The quantitative estimate of drug-likeness (QED) is 0.184. The van der Waals surface area contributed by atoms with Crippen LogP contribution >= 0.6 is 0 Å². The lowest BCUT2D eigenvalue weighted by Crippen LogP contribution is -2.59. The summed E-state index contributed by atoms with van der Waals surface area (Å²) in [6.45, 7) is 7.56. The molecule has 1 fully saturated rings. The summed E-state index contributed by atoms with van der Waals surface area (Å²) in [5, 5.41) is 7.81. The maximum atomic E-state index is 2.69. The third-order valence-electron chi connectivity index (χ3n) is 12.0. The van der Waals surface area contributed by atoms with Crippen molar-refractivity contribution in [2.24, 2.45) is 5.92 Å². The SMILES string of the molecule is CC1CCCC2(C)c3cc(-c4c5ccccc5c(-c5cccc6ccccc56)c5ccccc45)ccc3N(c3ccccc3)C12C. The van der Waals surface area contributed by atoms with Gasteiger partial charge in [-0.1, -0.05) is 136 Å². The Balaban J connectivity index is 1.34. The fraction of sp³-hybridized carbons (Fsp3) is 0.200. The Morgan fingerprint density at radius 2 is 1.17 bits per heavy atom. The Bertz CT molecular complexity index is 2240. The van der Waals surface area contributed by atoms with Crippen molar-refractivity contribution in [1.82, 2.24) is 0 Å². The highest BCUT2D eigenvalue weighted by molar-refractivity contribution is 6.23. The van der Waals surface area contributed by atoms with Gasteiger partial charge in [-0.2, -0.15) is 0 Å². The van der Waals surface area contributed by atoms with Crippen LogP contribution in [-0.2, 0) is 5.41 Å². The summed E-state index contributed by atoms with van der Waals surface area (Å²) in [7, 11) is 0. The zero-order valence-electron chi connectivity index (χ0n) is 26.9. The average Bonchev–Trinajstić information content (AvgIpc) is 3.31. The Kier molecular flexibility index (Phi) is 6.00. The largest absolute Gasteiger partial charge is 0.334 e. The smallest absolute Gasteiger partial charge is 0.0543 e. The van der Waals surface area contributed by atoms with Crippen LogP contribution in [0.3, 0.4) is 0 Å². The highest BCUT2D eigenvalue weighted by atomic mass is 15.3. The van der Waals surface area contributed by atoms with Crippen LogP contribution in [-0.4, -0.2) is 5.54 Å². The van der Waals surface area contributed by atoms with Crippen molar-refractivity contribution in [2.45, 2.75) is 51.0 Å². The third kappa shape index (κ3) is 3.63. The van der Waals surface area contributed by atoms with Gasteiger partial charge in [0, 0.05) is 16.8 Å². The van der Waals surface area contributed by atoms with Gasteiger partial charge in [0.25, 0.3) is 0 Å². The number of fused-ring (bicyclic) bond motifs is 6. The predicted octanol–water partition coefficient (Wildman–Crippen LogP) is 12.5. The van der Waals surface area contributed by atoms with Crippen molar-refractivity contribution < 1.29 is 0 Å². The maximum Gasteiger partial charge on any atom is 0.0543 e. The molecule has 3 unspecified atom stereocenters. The molecular weight excluding hydrogens is 555 g/mol. The number of hydrogen-bond acceptors (Lipinski definition) is 1. The molecular formula is C45H39N. The molecule has 0 amide bonds. The van der Waals surface area contributed by atoms with E-state index < -0.39 is 0 Å². The minimum atomic E-state index is -0.00405. The summed E-state index contributed by atoms with van der Waals surface area (Å²) >= 11 is 0. The van der Waals surface area contributed by atoms with E-state index >= 15 is 0 Å². The summed E-state index contributed by atoms with van der Waals surface area (Å²) < 4.78 is 0. The van der Waals surface area contributed by atoms with Crippen LogP contribution in [0.25, 0.3) is 54.6 Å². The predicted molar refractivity (Wildman–Crippen MR) is 197 cm³/mol. The summed E-state index contributed by atoms with van der Waals surface area (Å²) in [6, 6.07) is 52.2. The first-order valence-electron chi connectivity index (χ1n) is 16.9. The highest BCUT2D eigenvalue weighted by Crippen LogP contribution is 2.63. The summed E-state index contributed by atoms with van der Waals surface area (Å²) in [4.78, 5) is 2.69. The van der Waals surface area contributed by atoms with Gasteiger partial charge in [0.05, 0.1) is 5.54 Å². The maximum absolute atomic E-state index is 2.69. The molecule has 3 atom stereocenters. The van der Waals surface area contributed by atoms with E-state index in [1.54, 1.807) is 0 Å². The standard InChI is InChI=1S/C45H39N/c1-30-15-14-28-44(2)40-29-32(26-27-41(40)46(45(30,44)3)33-18-5-4-6-19-33)42-36-21-9-11-23-38(36)43(39-24-12-10-22-37(39)42)35-25-13-17-31-16-7-8-20-34(31)35/h4-13,16-27,29-30H,14-15,28H2,1-3H3. The molecule has 1 nitrogen and oxygen atoms in total. The molecule has 0 aromatic heterocycles. The molecule has 7 aromatic rings. The van der Waals surface area contributed by atoms with Crippen molar-refractivity contribution in [3.05, 3.63) is 145 Å². The van der Waals surface area contributed by atoms with Gasteiger partial charge in [-0.05, 0) is 110 Å². The molecule has 46 heavy (non-hydrogen) atoms. The number of benzene rings is 7. The van der Waals surface area contributed by atoms with Crippen molar-refractivity contribution in [3.63, 3.8) is 0 Å². The molecule has 0 saturated heterocycles. The molecule has 1 heteroatoms. The van der Waals surface area contributed by atoms with Gasteiger partial charge < -0.3 is 4.90 Å². The highest BCUT2D eigenvalue weighted by Gasteiger charge is 2.60. The van der Waals surface area contributed by atoms with Crippen LogP contribution in [0, 0.1) is 5.92 Å². The van der Waals surface area contributed by atoms with E-state index in [1.807, 2.05) is 0 Å². The minimum Gasteiger partial charge on any atom is -0.334 e. The van der Waals surface area contributed by atoms with E-state index in [4.69, 9.17) is 0 Å². The average molecular weight is 594 g/mol. The molecule has 0 N–H and O–H groups in total. The van der Waals surface area contributed by atoms with Gasteiger partial charge in [0.2, 0.25) is 0 Å². The summed E-state index contributed by atoms with van der Waals surface area (Å²) in [5.41, 5.74) is 9.47. The molecule has 224 valence electrons. The normalized spacial score (nSPS) is 22.3. The molecule has 1 aliphatic heterocycles. The third-order valence-corrected chi connectivity index (χ3v) is 12.0. The van der Waals surface area contributed by atoms with Gasteiger partial charge in [-0.15, -0.1) is 0 Å². The topological polar surface area (TPSA) is 3.24 Å².